The molecule has 1 fully saturated rings. The van der Waals surface area contributed by atoms with Crippen LogP contribution in [-0.4, -0.2) is 18.5 Å². The molecular formula is C10H21N3. The van der Waals surface area contributed by atoms with E-state index < -0.39 is 0 Å². The van der Waals surface area contributed by atoms with E-state index in [-0.39, 0.29) is 0 Å². The van der Waals surface area contributed by atoms with Crippen LogP contribution in [0.2, 0.25) is 0 Å². The van der Waals surface area contributed by atoms with Crippen LogP contribution in [0.3, 0.4) is 0 Å². The number of hydrogen-bond donors (Lipinski definition) is 2. The normalized spacial score (nSPS) is 29.2. The van der Waals surface area contributed by atoms with Crippen LogP contribution in [0, 0.1) is 5.92 Å². The van der Waals surface area contributed by atoms with Crippen LogP contribution < -0.4 is 11.1 Å². The van der Waals surface area contributed by atoms with Crippen LogP contribution in [0.5, 0.6) is 0 Å². The molecule has 0 radical (unpaired) electrons. The van der Waals surface area contributed by atoms with Gasteiger partial charge in [0.25, 0.3) is 0 Å². The Labute approximate surface area is 80.8 Å². The number of nitrogens with two attached hydrogens (primary N) is 1. The number of guanidine groups is 1. The Hall–Kier alpha value is -0.730. The first-order valence-corrected chi connectivity index (χ1v) is 5.28. The molecular weight excluding hydrogens is 162 g/mol. The Morgan fingerprint density at radius 3 is 2.85 bits per heavy atom. The van der Waals surface area contributed by atoms with Crippen molar-refractivity contribution in [1.82, 2.24) is 5.32 Å². The van der Waals surface area contributed by atoms with Crippen LogP contribution in [0.15, 0.2) is 4.99 Å². The van der Waals surface area contributed by atoms with Gasteiger partial charge in [0.1, 0.15) is 0 Å². The van der Waals surface area contributed by atoms with E-state index in [4.69, 9.17) is 5.73 Å². The van der Waals surface area contributed by atoms with Crippen LogP contribution in [0.25, 0.3) is 0 Å². The van der Waals surface area contributed by atoms with E-state index in [9.17, 15) is 0 Å². The van der Waals surface area contributed by atoms with E-state index in [2.05, 4.69) is 24.2 Å². The largest absolute Gasteiger partial charge is 0.370 e. The SMILES string of the molecule is CCCN=C(N)NC1CCC(C)C1. The lowest BCUT2D eigenvalue weighted by Crippen LogP contribution is -2.38. The van der Waals surface area contributed by atoms with Gasteiger partial charge in [-0.1, -0.05) is 13.8 Å². The Morgan fingerprint density at radius 2 is 2.31 bits per heavy atom. The third-order valence-electron chi connectivity index (χ3n) is 2.55. The highest BCUT2D eigenvalue weighted by molar-refractivity contribution is 5.78. The highest BCUT2D eigenvalue weighted by Gasteiger charge is 2.21. The summed E-state index contributed by atoms with van der Waals surface area (Å²) >= 11 is 0. The maximum atomic E-state index is 5.72. The fraction of sp³-hybridized carbons (Fsp3) is 0.900. The average Bonchev–Trinajstić information content (AvgIpc) is 2.48. The molecule has 1 aliphatic rings. The summed E-state index contributed by atoms with van der Waals surface area (Å²) in [6, 6.07) is 0.565. The van der Waals surface area contributed by atoms with E-state index in [1.807, 2.05) is 0 Å². The number of hydrogen-bond acceptors (Lipinski definition) is 1. The van der Waals surface area contributed by atoms with Crippen molar-refractivity contribution in [1.29, 1.82) is 0 Å². The monoisotopic (exact) mass is 183 g/mol. The quantitative estimate of drug-likeness (QED) is 0.514. The Kier molecular flexibility index (Phi) is 4.06. The van der Waals surface area contributed by atoms with E-state index >= 15 is 0 Å². The van der Waals surface area contributed by atoms with Gasteiger partial charge < -0.3 is 11.1 Å². The van der Waals surface area contributed by atoms with Gasteiger partial charge in [-0.15, -0.1) is 0 Å². The lowest BCUT2D eigenvalue weighted by molar-refractivity contribution is 0.568. The highest BCUT2D eigenvalue weighted by Crippen LogP contribution is 2.24. The molecule has 0 saturated heterocycles. The number of aliphatic imine (C=N–C) groups is 1. The van der Waals surface area contributed by atoms with Crippen LogP contribution in [-0.2, 0) is 0 Å². The van der Waals surface area contributed by atoms with Gasteiger partial charge in [0, 0.05) is 12.6 Å². The van der Waals surface area contributed by atoms with Crippen molar-refractivity contribution in [2.45, 2.75) is 45.6 Å². The second kappa shape index (κ2) is 5.10. The molecule has 3 nitrogen and oxygen atoms in total. The Morgan fingerprint density at radius 1 is 1.54 bits per heavy atom. The molecule has 3 heteroatoms. The van der Waals surface area contributed by atoms with Crippen LogP contribution in [0.4, 0.5) is 0 Å². The molecule has 0 heterocycles. The molecule has 0 amide bonds. The van der Waals surface area contributed by atoms with Crippen molar-refractivity contribution in [2.75, 3.05) is 6.54 Å². The van der Waals surface area contributed by atoms with Gasteiger partial charge in [0.05, 0.1) is 0 Å². The summed E-state index contributed by atoms with van der Waals surface area (Å²) < 4.78 is 0. The maximum Gasteiger partial charge on any atom is 0.188 e. The fourth-order valence-corrected chi connectivity index (χ4v) is 1.83. The number of nitrogens with zero attached hydrogens (tertiary/aromatic N) is 1. The summed E-state index contributed by atoms with van der Waals surface area (Å²) in [6.45, 7) is 5.23. The molecule has 13 heavy (non-hydrogen) atoms. The maximum absolute atomic E-state index is 5.72. The first-order chi connectivity index (χ1) is 6.22. The second-order valence-electron chi connectivity index (χ2n) is 4.03. The number of rotatable bonds is 3. The van der Waals surface area contributed by atoms with E-state index in [0.29, 0.717) is 12.0 Å². The summed E-state index contributed by atoms with van der Waals surface area (Å²) in [5, 5.41) is 3.27. The minimum absolute atomic E-state index is 0.565. The fourth-order valence-electron chi connectivity index (χ4n) is 1.83. The summed E-state index contributed by atoms with van der Waals surface area (Å²) in [5.74, 6) is 1.47. The van der Waals surface area contributed by atoms with Gasteiger partial charge in [0.2, 0.25) is 0 Å². The lowest BCUT2D eigenvalue weighted by Gasteiger charge is -2.12. The zero-order valence-electron chi connectivity index (χ0n) is 8.71. The van der Waals surface area contributed by atoms with E-state index in [1.165, 1.54) is 19.3 Å². The van der Waals surface area contributed by atoms with Crippen molar-refractivity contribution in [3.8, 4) is 0 Å². The topological polar surface area (TPSA) is 50.4 Å². The highest BCUT2D eigenvalue weighted by atomic mass is 15.1. The van der Waals surface area contributed by atoms with Crippen LogP contribution >= 0.6 is 0 Å². The van der Waals surface area contributed by atoms with Crippen molar-refractivity contribution in [3.63, 3.8) is 0 Å². The van der Waals surface area contributed by atoms with Crippen molar-refractivity contribution < 1.29 is 0 Å². The summed E-state index contributed by atoms with van der Waals surface area (Å²) in [4.78, 5) is 4.21. The van der Waals surface area contributed by atoms with Gasteiger partial charge >= 0.3 is 0 Å². The Balaban J connectivity index is 2.24. The zero-order valence-corrected chi connectivity index (χ0v) is 8.71. The van der Waals surface area contributed by atoms with Gasteiger partial charge in [-0.2, -0.15) is 0 Å². The molecule has 0 aliphatic heterocycles. The van der Waals surface area contributed by atoms with Gasteiger partial charge in [-0.05, 0) is 31.6 Å². The first kappa shape index (κ1) is 10.4. The summed E-state index contributed by atoms with van der Waals surface area (Å²) in [5.41, 5.74) is 5.72. The third-order valence-corrected chi connectivity index (χ3v) is 2.55. The molecule has 1 rings (SSSR count). The molecule has 1 aliphatic carbocycles. The van der Waals surface area contributed by atoms with Crippen LogP contribution in [0.1, 0.15) is 39.5 Å². The first-order valence-electron chi connectivity index (χ1n) is 5.28. The summed E-state index contributed by atoms with van der Waals surface area (Å²) in [7, 11) is 0. The molecule has 0 bridgehead atoms. The van der Waals surface area contributed by atoms with Crippen molar-refractivity contribution >= 4 is 5.96 Å². The average molecular weight is 183 g/mol. The predicted octanol–water partition coefficient (Wildman–Crippen LogP) is 1.49. The summed E-state index contributed by atoms with van der Waals surface area (Å²) in [6.07, 6.45) is 4.86. The molecule has 3 N–H and O–H groups in total. The third kappa shape index (κ3) is 3.66. The minimum atomic E-state index is 0.565. The number of nitrogens with one attached hydrogen (secondary N) is 1. The smallest absolute Gasteiger partial charge is 0.188 e. The van der Waals surface area contributed by atoms with E-state index in [0.717, 1.165) is 18.9 Å². The lowest BCUT2D eigenvalue weighted by atomic mass is 10.1. The molecule has 0 aromatic rings. The predicted molar refractivity (Wildman–Crippen MR) is 56.7 cm³/mol. The van der Waals surface area contributed by atoms with Gasteiger partial charge in [-0.3, -0.25) is 4.99 Å². The minimum Gasteiger partial charge on any atom is -0.370 e. The molecule has 0 aromatic heterocycles. The van der Waals surface area contributed by atoms with E-state index in [1.54, 1.807) is 0 Å². The molecule has 1 saturated carbocycles. The second-order valence-corrected chi connectivity index (χ2v) is 4.03. The zero-order chi connectivity index (χ0) is 9.68. The van der Waals surface area contributed by atoms with Crippen molar-refractivity contribution in [2.24, 2.45) is 16.6 Å². The standard InChI is InChI=1S/C10H21N3/c1-3-6-12-10(11)13-9-5-4-8(2)7-9/h8-9H,3-7H2,1-2H3,(H3,11,12,13). The van der Waals surface area contributed by atoms with Gasteiger partial charge in [0.15, 0.2) is 5.96 Å². The molecule has 2 unspecified atom stereocenters. The molecule has 76 valence electrons. The van der Waals surface area contributed by atoms with Crippen molar-refractivity contribution in [3.05, 3.63) is 0 Å². The Bertz CT molecular complexity index is 177. The molecule has 0 aromatic carbocycles. The molecule has 2 atom stereocenters. The molecule has 0 spiro atoms. The van der Waals surface area contributed by atoms with Gasteiger partial charge in [-0.25, -0.2) is 0 Å².